The molecular formula is C25H44. The van der Waals surface area contributed by atoms with Gasteiger partial charge in [0.2, 0.25) is 0 Å². The van der Waals surface area contributed by atoms with Crippen molar-refractivity contribution in [2.24, 2.45) is 0 Å². The molecule has 1 rings (SSSR count). The largest absolute Gasteiger partial charge is 0.100 e. The number of unbranched alkanes of at least 4 members (excludes halogenated alkanes) is 1. The Bertz CT molecular complexity index is 459. The number of benzene rings is 1. The van der Waals surface area contributed by atoms with Crippen LogP contribution in [0.1, 0.15) is 90.8 Å². The van der Waals surface area contributed by atoms with E-state index in [-0.39, 0.29) is 0 Å². The normalized spacial score (nSPS) is 9.00. The summed E-state index contributed by atoms with van der Waals surface area (Å²) < 4.78 is 0. The van der Waals surface area contributed by atoms with Crippen LogP contribution in [-0.2, 0) is 0 Å². The lowest BCUT2D eigenvalue weighted by atomic mass is 10.1. The molecule has 0 heteroatoms. The van der Waals surface area contributed by atoms with Gasteiger partial charge in [0, 0.05) is 0 Å². The average Bonchev–Trinajstić information content (AvgIpc) is 2.58. The third-order valence-electron chi connectivity index (χ3n) is 3.25. The summed E-state index contributed by atoms with van der Waals surface area (Å²) in [7, 11) is 0. The molecule has 0 radical (unpaired) electrons. The van der Waals surface area contributed by atoms with Crippen LogP contribution in [0.15, 0.2) is 48.6 Å². The van der Waals surface area contributed by atoms with Gasteiger partial charge < -0.3 is 0 Å². The second kappa shape index (κ2) is 20.5. The van der Waals surface area contributed by atoms with Crippen LogP contribution in [0.5, 0.6) is 0 Å². The van der Waals surface area contributed by atoms with Crippen molar-refractivity contribution >= 4 is 6.08 Å². The zero-order valence-electron chi connectivity index (χ0n) is 18.6. The van der Waals surface area contributed by atoms with Crippen molar-refractivity contribution < 1.29 is 0 Å². The van der Waals surface area contributed by atoms with E-state index < -0.39 is 0 Å². The number of allylic oxidation sites excluding steroid dienone is 3. The van der Waals surface area contributed by atoms with E-state index in [1.807, 2.05) is 34.6 Å². The lowest BCUT2D eigenvalue weighted by molar-refractivity contribution is 0.886. The second-order valence-electron chi connectivity index (χ2n) is 6.27. The number of hydrogen-bond acceptors (Lipinski definition) is 0. The van der Waals surface area contributed by atoms with Gasteiger partial charge in [-0.1, -0.05) is 87.6 Å². The summed E-state index contributed by atoms with van der Waals surface area (Å²) in [6, 6.07) is 6.50. The molecule has 0 aromatic heterocycles. The number of aryl methyl sites for hydroxylation is 2. The van der Waals surface area contributed by atoms with Crippen LogP contribution in [0.2, 0.25) is 0 Å². The molecule has 0 atom stereocenters. The SMILES string of the molecule is C/C=C\c1ccc(C)cc1C.C=C(C)CCC(=C)C.CC.CCCC. The van der Waals surface area contributed by atoms with Crippen LogP contribution in [0.4, 0.5) is 0 Å². The summed E-state index contributed by atoms with van der Waals surface area (Å²) in [5.41, 5.74) is 6.48. The predicted molar refractivity (Wildman–Crippen MR) is 121 cm³/mol. The third-order valence-corrected chi connectivity index (χ3v) is 3.25. The monoisotopic (exact) mass is 344 g/mol. The standard InChI is InChI=1S/C11H14.C8H14.C4H10.C2H6/c1-4-5-11-7-6-9(2)8-10(11)3;1-7(2)5-6-8(3)4;1-3-4-2;1-2/h4-8H,1-3H3;1,3,5-6H2,2,4H3;3-4H2,1-2H3;1-2H3/b5-4-;;;. The lowest BCUT2D eigenvalue weighted by Gasteiger charge is -2.00. The van der Waals surface area contributed by atoms with Gasteiger partial charge in [-0.15, -0.1) is 13.2 Å². The predicted octanol–water partition coefficient (Wildman–Crippen LogP) is 9.09. The molecule has 0 saturated heterocycles. The maximum atomic E-state index is 3.79. The van der Waals surface area contributed by atoms with Crippen LogP contribution < -0.4 is 0 Å². The maximum absolute atomic E-state index is 3.79. The first-order valence-corrected chi connectivity index (χ1v) is 9.77. The molecule has 0 unspecified atom stereocenters. The molecule has 0 aliphatic rings. The molecule has 0 heterocycles. The highest BCUT2D eigenvalue weighted by Crippen LogP contribution is 2.11. The fourth-order valence-corrected chi connectivity index (χ4v) is 1.62. The molecule has 1 aromatic carbocycles. The topological polar surface area (TPSA) is 0 Å². The van der Waals surface area contributed by atoms with Crippen molar-refractivity contribution in [2.75, 3.05) is 0 Å². The van der Waals surface area contributed by atoms with E-state index in [1.54, 1.807) is 0 Å². The molecule has 0 nitrogen and oxygen atoms in total. The number of hydrogen-bond donors (Lipinski definition) is 0. The Labute approximate surface area is 159 Å². The van der Waals surface area contributed by atoms with Gasteiger partial charge in [0.05, 0.1) is 0 Å². The van der Waals surface area contributed by atoms with Crippen LogP contribution in [0.3, 0.4) is 0 Å². The lowest BCUT2D eigenvalue weighted by Crippen LogP contribution is -1.80. The van der Waals surface area contributed by atoms with Crippen LogP contribution in [-0.4, -0.2) is 0 Å². The molecule has 0 amide bonds. The Kier molecular flexibility index (Phi) is 23.1. The van der Waals surface area contributed by atoms with Gasteiger partial charge in [-0.25, -0.2) is 0 Å². The minimum Gasteiger partial charge on any atom is -0.100 e. The van der Waals surface area contributed by atoms with E-state index in [0.717, 1.165) is 12.8 Å². The smallest absolute Gasteiger partial charge is 0.0230 e. The average molecular weight is 345 g/mol. The summed E-state index contributed by atoms with van der Waals surface area (Å²) in [5.74, 6) is 0. The van der Waals surface area contributed by atoms with E-state index in [1.165, 1.54) is 40.7 Å². The fraction of sp³-hybridized carbons (Fsp3) is 0.520. The molecule has 1 aromatic rings. The van der Waals surface area contributed by atoms with Crippen molar-refractivity contribution in [1.82, 2.24) is 0 Å². The van der Waals surface area contributed by atoms with E-state index in [9.17, 15) is 0 Å². The van der Waals surface area contributed by atoms with Gasteiger partial charge in [-0.05, 0) is 58.6 Å². The van der Waals surface area contributed by atoms with Crippen molar-refractivity contribution in [3.05, 3.63) is 65.3 Å². The summed E-state index contributed by atoms with van der Waals surface area (Å²) in [6.07, 6.45) is 9.02. The summed E-state index contributed by atoms with van der Waals surface area (Å²) in [6.45, 7) is 26.3. The Hall–Kier alpha value is -1.56. The minimum absolute atomic E-state index is 1.09. The molecule has 0 bridgehead atoms. The highest BCUT2D eigenvalue weighted by atomic mass is 14.0. The van der Waals surface area contributed by atoms with Crippen molar-refractivity contribution in [3.8, 4) is 0 Å². The van der Waals surface area contributed by atoms with Gasteiger partial charge in [-0.3, -0.25) is 0 Å². The Morgan fingerprint density at radius 3 is 1.64 bits per heavy atom. The first-order chi connectivity index (χ1) is 11.8. The van der Waals surface area contributed by atoms with Gasteiger partial charge >= 0.3 is 0 Å². The first-order valence-electron chi connectivity index (χ1n) is 9.77. The Balaban J connectivity index is -0.000000304. The van der Waals surface area contributed by atoms with E-state index in [2.05, 4.69) is 71.2 Å². The zero-order chi connectivity index (χ0) is 20.3. The molecule has 0 aliphatic carbocycles. The van der Waals surface area contributed by atoms with E-state index in [0.29, 0.717) is 0 Å². The molecule has 0 spiro atoms. The highest BCUT2D eigenvalue weighted by molar-refractivity contribution is 5.53. The van der Waals surface area contributed by atoms with Gasteiger partial charge in [0.1, 0.15) is 0 Å². The molecule has 144 valence electrons. The number of rotatable bonds is 5. The van der Waals surface area contributed by atoms with Crippen molar-refractivity contribution in [2.45, 2.75) is 88.0 Å². The quantitative estimate of drug-likeness (QED) is 0.467. The molecule has 0 saturated carbocycles. The summed E-state index contributed by atoms with van der Waals surface area (Å²) in [4.78, 5) is 0. The van der Waals surface area contributed by atoms with Crippen LogP contribution >= 0.6 is 0 Å². The second-order valence-corrected chi connectivity index (χ2v) is 6.27. The molecular weight excluding hydrogens is 300 g/mol. The van der Waals surface area contributed by atoms with Crippen LogP contribution in [0.25, 0.3) is 6.08 Å². The first kappa shape index (κ1) is 28.3. The van der Waals surface area contributed by atoms with Crippen LogP contribution in [0, 0.1) is 13.8 Å². The molecule has 0 aliphatic heterocycles. The third kappa shape index (κ3) is 22.4. The molecule has 0 N–H and O–H groups in total. The van der Waals surface area contributed by atoms with E-state index >= 15 is 0 Å². The van der Waals surface area contributed by atoms with E-state index in [4.69, 9.17) is 0 Å². The zero-order valence-corrected chi connectivity index (χ0v) is 18.6. The Morgan fingerprint density at radius 2 is 1.36 bits per heavy atom. The van der Waals surface area contributed by atoms with Gasteiger partial charge in [0.15, 0.2) is 0 Å². The Morgan fingerprint density at radius 1 is 0.920 bits per heavy atom. The minimum atomic E-state index is 1.09. The van der Waals surface area contributed by atoms with Crippen molar-refractivity contribution in [3.63, 3.8) is 0 Å². The fourth-order valence-electron chi connectivity index (χ4n) is 1.62. The summed E-state index contributed by atoms with van der Waals surface area (Å²) in [5, 5.41) is 0. The van der Waals surface area contributed by atoms with Crippen molar-refractivity contribution in [1.29, 1.82) is 0 Å². The highest BCUT2D eigenvalue weighted by Gasteiger charge is 1.92. The molecule has 0 fully saturated rings. The van der Waals surface area contributed by atoms with Gasteiger partial charge in [-0.2, -0.15) is 0 Å². The molecule has 25 heavy (non-hydrogen) atoms. The van der Waals surface area contributed by atoms with Gasteiger partial charge in [0.25, 0.3) is 0 Å². The maximum Gasteiger partial charge on any atom is -0.0230 e. The summed E-state index contributed by atoms with van der Waals surface area (Å²) >= 11 is 0.